The van der Waals surface area contributed by atoms with E-state index in [1.165, 1.54) is 26.7 Å². The number of nitrogen functional groups attached to an aromatic ring is 1. The monoisotopic (exact) mass is 363 g/mol. The van der Waals surface area contributed by atoms with E-state index in [1.54, 1.807) is 0 Å². The van der Waals surface area contributed by atoms with Crippen LogP contribution in [0, 0.1) is 0 Å². The van der Waals surface area contributed by atoms with E-state index in [1.807, 2.05) is 17.5 Å². The van der Waals surface area contributed by atoms with Gasteiger partial charge < -0.3 is 20.7 Å². The molecule has 25 heavy (non-hydrogen) atoms. The molecule has 0 unspecified atom stereocenters. The van der Waals surface area contributed by atoms with Gasteiger partial charge in [-0.15, -0.1) is 11.3 Å². The Morgan fingerprint density at radius 1 is 1.48 bits per heavy atom. The van der Waals surface area contributed by atoms with Crippen molar-refractivity contribution in [3.63, 3.8) is 0 Å². The number of fused-ring (bicyclic) bond motifs is 1. The van der Waals surface area contributed by atoms with Gasteiger partial charge in [0.1, 0.15) is 11.6 Å². The summed E-state index contributed by atoms with van der Waals surface area (Å²) in [6.45, 7) is 0.132. The maximum absolute atomic E-state index is 13.0. The van der Waals surface area contributed by atoms with E-state index < -0.39 is 18.4 Å². The SMILES string of the molecule is Nc1ncc2c(n1)n([C@@H]1O[C@H](CO)C[C@H]1O)c(=O)n2Cc1cccs1. The Bertz CT molecular complexity index is 951. The number of hydrogen-bond acceptors (Lipinski definition) is 8. The number of nitrogens with two attached hydrogens (primary N) is 1. The van der Waals surface area contributed by atoms with Gasteiger partial charge in [0.05, 0.1) is 25.5 Å². The Morgan fingerprint density at radius 2 is 2.32 bits per heavy atom. The maximum atomic E-state index is 13.0. The molecule has 3 aromatic rings. The molecule has 4 N–H and O–H groups in total. The minimum atomic E-state index is -0.925. The number of hydrogen-bond donors (Lipinski definition) is 3. The molecule has 0 spiro atoms. The first-order valence-electron chi connectivity index (χ1n) is 7.78. The van der Waals surface area contributed by atoms with Crippen LogP contribution in [-0.2, 0) is 11.3 Å². The zero-order chi connectivity index (χ0) is 17.6. The number of thiophene rings is 1. The summed E-state index contributed by atoms with van der Waals surface area (Å²) in [5, 5.41) is 21.5. The molecule has 4 rings (SSSR count). The number of anilines is 1. The number of aliphatic hydroxyl groups excluding tert-OH is 2. The van der Waals surface area contributed by atoms with E-state index in [2.05, 4.69) is 9.97 Å². The minimum Gasteiger partial charge on any atom is -0.394 e. The molecule has 1 aliphatic rings. The van der Waals surface area contributed by atoms with E-state index in [0.717, 1.165) is 4.88 Å². The van der Waals surface area contributed by atoms with Crippen molar-refractivity contribution < 1.29 is 14.9 Å². The van der Waals surface area contributed by atoms with E-state index in [-0.39, 0.29) is 24.7 Å². The topological polar surface area (TPSA) is 128 Å². The van der Waals surface area contributed by atoms with Gasteiger partial charge in [0.15, 0.2) is 11.9 Å². The predicted octanol–water partition coefficient (Wildman–Crippen LogP) is -0.0743. The van der Waals surface area contributed by atoms with Crippen LogP contribution in [0.4, 0.5) is 5.95 Å². The van der Waals surface area contributed by atoms with E-state index in [0.29, 0.717) is 17.7 Å². The lowest BCUT2D eigenvalue weighted by molar-refractivity contribution is -0.0505. The summed E-state index contributed by atoms with van der Waals surface area (Å²) in [6, 6.07) is 3.84. The molecule has 1 saturated heterocycles. The van der Waals surface area contributed by atoms with Gasteiger partial charge in [-0.1, -0.05) is 6.07 Å². The molecule has 0 saturated carbocycles. The number of nitrogens with zero attached hydrogens (tertiary/aromatic N) is 4. The van der Waals surface area contributed by atoms with Crippen molar-refractivity contribution in [2.75, 3.05) is 12.3 Å². The first kappa shape index (κ1) is 16.2. The smallest absolute Gasteiger partial charge is 0.332 e. The molecular weight excluding hydrogens is 346 g/mol. The highest BCUT2D eigenvalue weighted by Gasteiger charge is 2.37. The quantitative estimate of drug-likeness (QED) is 0.591. The molecule has 10 heteroatoms. The summed E-state index contributed by atoms with van der Waals surface area (Å²) < 4.78 is 8.46. The van der Waals surface area contributed by atoms with Gasteiger partial charge in [-0.3, -0.25) is 4.57 Å². The zero-order valence-electron chi connectivity index (χ0n) is 13.1. The molecule has 1 aliphatic heterocycles. The third-order valence-corrected chi connectivity index (χ3v) is 5.10. The Hall–Kier alpha value is -2.27. The summed E-state index contributed by atoms with van der Waals surface area (Å²) in [5.74, 6) is 0.0284. The Labute approximate surface area is 145 Å². The highest BCUT2D eigenvalue weighted by Crippen LogP contribution is 2.30. The highest BCUT2D eigenvalue weighted by atomic mass is 32.1. The van der Waals surface area contributed by atoms with Gasteiger partial charge in [0.2, 0.25) is 5.95 Å². The summed E-state index contributed by atoms with van der Waals surface area (Å²) in [5.41, 5.74) is 6.13. The first-order valence-corrected chi connectivity index (χ1v) is 8.66. The van der Waals surface area contributed by atoms with Crippen molar-refractivity contribution in [2.45, 2.75) is 31.4 Å². The second kappa shape index (κ2) is 6.23. The number of imidazole rings is 1. The molecule has 4 heterocycles. The summed E-state index contributed by atoms with van der Waals surface area (Å²) >= 11 is 1.54. The Morgan fingerprint density at radius 3 is 3.00 bits per heavy atom. The van der Waals surface area contributed by atoms with Crippen LogP contribution in [0.2, 0.25) is 0 Å². The average Bonchev–Trinajstić information content (AvgIpc) is 3.28. The number of ether oxygens (including phenoxy) is 1. The molecule has 3 atom stereocenters. The molecule has 1 fully saturated rings. The van der Waals surface area contributed by atoms with Crippen molar-refractivity contribution in [3.8, 4) is 0 Å². The number of aromatic nitrogens is 4. The lowest BCUT2D eigenvalue weighted by Gasteiger charge is -2.15. The molecule has 0 radical (unpaired) electrons. The Kier molecular flexibility index (Phi) is 4.04. The van der Waals surface area contributed by atoms with E-state index in [4.69, 9.17) is 10.5 Å². The van der Waals surface area contributed by atoms with Crippen LogP contribution in [-0.4, -0.2) is 48.1 Å². The van der Waals surface area contributed by atoms with Crippen LogP contribution in [0.1, 0.15) is 17.5 Å². The molecule has 9 nitrogen and oxygen atoms in total. The van der Waals surface area contributed by atoms with Crippen LogP contribution >= 0.6 is 11.3 Å². The van der Waals surface area contributed by atoms with Crippen molar-refractivity contribution in [3.05, 3.63) is 39.1 Å². The second-order valence-corrected chi connectivity index (χ2v) is 6.92. The fourth-order valence-corrected chi connectivity index (χ4v) is 3.78. The average molecular weight is 363 g/mol. The summed E-state index contributed by atoms with van der Waals surface area (Å²) in [7, 11) is 0. The van der Waals surface area contributed by atoms with Crippen LogP contribution in [0.3, 0.4) is 0 Å². The Balaban J connectivity index is 1.87. The molecule has 0 aromatic carbocycles. The maximum Gasteiger partial charge on any atom is 0.332 e. The van der Waals surface area contributed by atoms with Crippen LogP contribution in [0.15, 0.2) is 28.5 Å². The van der Waals surface area contributed by atoms with Gasteiger partial charge in [0.25, 0.3) is 0 Å². The lowest BCUT2D eigenvalue weighted by atomic mass is 10.2. The van der Waals surface area contributed by atoms with Crippen LogP contribution in [0.25, 0.3) is 11.2 Å². The number of rotatable bonds is 4. The molecule has 0 aliphatic carbocycles. The molecule has 0 amide bonds. The third-order valence-electron chi connectivity index (χ3n) is 4.24. The van der Waals surface area contributed by atoms with E-state index >= 15 is 0 Å². The van der Waals surface area contributed by atoms with Crippen molar-refractivity contribution in [1.29, 1.82) is 0 Å². The molecule has 3 aromatic heterocycles. The summed E-state index contributed by atoms with van der Waals surface area (Å²) in [4.78, 5) is 22.2. The lowest BCUT2D eigenvalue weighted by Crippen LogP contribution is -2.32. The highest BCUT2D eigenvalue weighted by molar-refractivity contribution is 7.09. The largest absolute Gasteiger partial charge is 0.394 e. The molecule has 132 valence electrons. The van der Waals surface area contributed by atoms with Gasteiger partial charge in [-0.2, -0.15) is 4.98 Å². The standard InChI is InChI=1S/C15H17N5O4S/c16-14-17-5-10-12(18-14)20(13-11(22)4-8(7-21)24-13)15(23)19(10)6-9-2-1-3-25-9/h1-3,5,8,11,13,21-22H,4,6-7H2,(H2,16,17,18)/t8-,11+,13+/m0/s1. The van der Waals surface area contributed by atoms with Crippen molar-refractivity contribution in [1.82, 2.24) is 19.1 Å². The van der Waals surface area contributed by atoms with Gasteiger partial charge in [-0.05, 0) is 11.4 Å². The fraction of sp³-hybridized carbons (Fsp3) is 0.400. The van der Waals surface area contributed by atoms with Gasteiger partial charge in [0, 0.05) is 11.3 Å². The number of aliphatic hydroxyl groups is 2. The fourth-order valence-electron chi connectivity index (χ4n) is 3.09. The minimum absolute atomic E-state index is 0.0284. The predicted molar refractivity (Wildman–Crippen MR) is 91.2 cm³/mol. The molecular formula is C15H17N5O4S. The first-order chi connectivity index (χ1) is 12.1. The zero-order valence-corrected chi connectivity index (χ0v) is 14.0. The summed E-state index contributed by atoms with van der Waals surface area (Å²) in [6.07, 6.45) is -0.639. The van der Waals surface area contributed by atoms with Crippen molar-refractivity contribution >= 4 is 28.4 Å². The molecule has 0 bridgehead atoms. The van der Waals surface area contributed by atoms with Gasteiger partial charge >= 0.3 is 5.69 Å². The van der Waals surface area contributed by atoms with Gasteiger partial charge in [-0.25, -0.2) is 14.3 Å². The van der Waals surface area contributed by atoms with Crippen molar-refractivity contribution in [2.24, 2.45) is 0 Å². The van der Waals surface area contributed by atoms with E-state index in [9.17, 15) is 15.0 Å². The second-order valence-electron chi connectivity index (χ2n) is 5.89. The van der Waals surface area contributed by atoms with Crippen LogP contribution < -0.4 is 11.4 Å². The normalized spacial score (nSPS) is 23.5. The van der Waals surface area contributed by atoms with Crippen LogP contribution in [0.5, 0.6) is 0 Å². The third kappa shape index (κ3) is 2.72.